The van der Waals surface area contributed by atoms with Gasteiger partial charge in [-0.1, -0.05) is 30.1 Å². The minimum absolute atomic E-state index is 0.571. The zero-order valence-corrected chi connectivity index (χ0v) is 11.7. The molecule has 0 heterocycles. The van der Waals surface area contributed by atoms with E-state index in [-0.39, 0.29) is 0 Å². The van der Waals surface area contributed by atoms with Gasteiger partial charge in [-0.2, -0.15) is 11.8 Å². The fourth-order valence-electron chi connectivity index (χ4n) is 1.28. The van der Waals surface area contributed by atoms with Gasteiger partial charge in [0.25, 0.3) is 0 Å². The van der Waals surface area contributed by atoms with E-state index in [2.05, 4.69) is 18.5 Å². The molecule has 1 aromatic rings. The van der Waals surface area contributed by atoms with Gasteiger partial charge in [-0.15, -0.1) is 0 Å². The maximum Gasteiger partial charge on any atom is 0.0720 e. The molecule has 1 unspecified atom stereocenters. The van der Waals surface area contributed by atoms with E-state index in [1.807, 2.05) is 11.8 Å². The predicted octanol–water partition coefficient (Wildman–Crippen LogP) is 4.13. The van der Waals surface area contributed by atoms with Gasteiger partial charge in [-0.3, -0.25) is 0 Å². The number of nitrogens with two attached hydrogens (primary N) is 1. The summed E-state index contributed by atoms with van der Waals surface area (Å²) >= 11 is 13.9. The Morgan fingerprint density at radius 1 is 1.38 bits per heavy atom. The van der Waals surface area contributed by atoms with Gasteiger partial charge in [0.2, 0.25) is 0 Å². The Bertz CT molecular complexity index is 335. The van der Waals surface area contributed by atoms with Crippen LogP contribution in [0.15, 0.2) is 12.1 Å². The molecule has 0 amide bonds. The van der Waals surface area contributed by atoms with Crippen molar-refractivity contribution in [3.8, 4) is 0 Å². The van der Waals surface area contributed by atoms with E-state index in [0.29, 0.717) is 21.0 Å². The number of hydrogen-bond acceptors (Lipinski definition) is 3. The Labute approximate surface area is 111 Å². The average molecular weight is 279 g/mol. The standard InChI is InChI=1S/C11H16Cl2N2S/c1-7(16-2)3-4-15-11-9(12)5-8(14)6-10(11)13/h5-7,15H,3-4,14H2,1-2H3. The smallest absolute Gasteiger partial charge is 0.0720 e. The van der Waals surface area contributed by atoms with Gasteiger partial charge in [0.1, 0.15) is 0 Å². The van der Waals surface area contributed by atoms with E-state index >= 15 is 0 Å². The molecular weight excluding hydrogens is 263 g/mol. The molecule has 0 radical (unpaired) electrons. The summed E-state index contributed by atoms with van der Waals surface area (Å²) in [5.74, 6) is 0. The fourth-order valence-corrected chi connectivity index (χ4v) is 2.27. The highest BCUT2D eigenvalue weighted by atomic mass is 35.5. The van der Waals surface area contributed by atoms with Crippen LogP contribution in [0.4, 0.5) is 11.4 Å². The molecule has 3 N–H and O–H groups in total. The lowest BCUT2D eigenvalue weighted by molar-refractivity contribution is 0.854. The summed E-state index contributed by atoms with van der Waals surface area (Å²) < 4.78 is 0. The molecule has 90 valence electrons. The van der Waals surface area contributed by atoms with Crippen LogP contribution >= 0.6 is 35.0 Å². The summed E-state index contributed by atoms with van der Waals surface area (Å²) in [6.07, 6.45) is 3.17. The van der Waals surface area contributed by atoms with E-state index in [0.717, 1.165) is 18.7 Å². The molecule has 0 spiro atoms. The molecule has 0 saturated carbocycles. The van der Waals surface area contributed by atoms with Crippen molar-refractivity contribution >= 4 is 46.3 Å². The number of thioether (sulfide) groups is 1. The Balaban J connectivity index is 2.60. The highest BCUT2D eigenvalue weighted by molar-refractivity contribution is 7.99. The second kappa shape index (κ2) is 6.48. The maximum atomic E-state index is 6.05. The number of halogens is 2. The summed E-state index contributed by atoms with van der Waals surface area (Å²) in [5, 5.41) is 5.01. The number of benzene rings is 1. The van der Waals surface area contributed by atoms with Gasteiger partial charge in [-0.25, -0.2) is 0 Å². The molecule has 0 bridgehead atoms. The van der Waals surface area contributed by atoms with Crippen molar-refractivity contribution in [3.05, 3.63) is 22.2 Å². The summed E-state index contributed by atoms with van der Waals surface area (Å²) in [4.78, 5) is 0. The molecule has 0 aliphatic carbocycles. The van der Waals surface area contributed by atoms with Crippen molar-refractivity contribution in [1.29, 1.82) is 0 Å². The number of hydrogen-bond donors (Lipinski definition) is 2. The molecule has 0 aliphatic heterocycles. The maximum absolute atomic E-state index is 6.05. The Morgan fingerprint density at radius 3 is 2.44 bits per heavy atom. The first-order valence-corrected chi connectivity index (χ1v) is 7.10. The summed E-state index contributed by atoms with van der Waals surface area (Å²) in [6, 6.07) is 3.40. The van der Waals surface area contributed by atoms with E-state index in [9.17, 15) is 0 Å². The summed E-state index contributed by atoms with van der Waals surface area (Å²) in [5.41, 5.74) is 6.98. The zero-order chi connectivity index (χ0) is 12.1. The second-order valence-corrected chi connectivity index (χ2v) is 5.71. The SMILES string of the molecule is CSC(C)CCNc1c(Cl)cc(N)cc1Cl. The highest BCUT2D eigenvalue weighted by Gasteiger charge is 2.07. The Kier molecular flexibility index (Phi) is 5.59. The van der Waals surface area contributed by atoms with Crippen LogP contribution in [0.1, 0.15) is 13.3 Å². The Morgan fingerprint density at radius 2 is 1.94 bits per heavy atom. The molecule has 0 aliphatic rings. The monoisotopic (exact) mass is 278 g/mol. The van der Waals surface area contributed by atoms with Gasteiger partial charge in [-0.05, 0) is 24.8 Å². The van der Waals surface area contributed by atoms with Gasteiger partial charge >= 0.3 is 0 Å². The number of nitrogens with one attached hydrogen (secondary N) is 1. The van der Waals surface area contributed by atoms with Gasteiger partial charge in [0, 0.05) is 17.5 Å². The van der Waals surface area contributed by atoms with Crippen LogP contribution in [0.25, 0.3) is 0 Å². The lowest BCUT2D eigenvalue weighted by atomic mass is 10.2. The van der Waals surface area contributed by atoms with Crippen molar-refractivity contribution < 1.29 is 0 Å². The molecule has 2 nitrogen and oxygen atoms in total. The first-order chi connectivity index (χ1) is 7.54. The van der Waals surface area contributed by atoms with Crippen LogP contribution in [0.3, 0.4) is 0 Å². The molecule has 1 aromatic carbocycles. The van der Waals surface area contributed by atoms with Crippen LogP contribution in [-0.2, 0) is 0 Å². The molecule has 0 fully saturated rings. The molecular formula is C11H16Cl2N2S. The number of rotatable bonds is 5. The third-order valence-corrected chi connectivity index (χ3v) is 3.96. The molecule has 5 heteroatoms. The van der Waals surface area contributed by atoms with Crippen molar-refractivity contribution in [2.45, 2.75) is 18.6 Å². The largest absolute Gasteiger partial charge is 0.399 e. The van der Waals surface area contributed by atoms with Crippen LogP contribution < -0.4 is 11.1 Å². The number of anilines is 2. The van der Waals surface area contributed by atoms with Crippen LogP contribution in [0.2, 0.25) is 10.0 Å². The zero-order valence-electron chi connectivity index (χ0n) is 9.39. The van der Waals surface area contributed by atoms with Gasteiger partial charge in [0.15, 0.2) is 0 Å². The second-order valence-electron chi connectivity index (χ2n) is 3.62. The summed E-state index contributed by atoms with van der Waals surface area (Å²) in [7, 11) is 0. The minimum Gasteiger partial charge on any atom is -0.399 e. The third-order valence-electron chi connectivity index (χ3n) is 2.32. The van der Waals surface area contributed by atoms with Gasteiger partial charge in [0.05, 0.1) is 15.7 Å². The van der Waals surface area contributed by atoms with Crippen LogP contribution in [0, 0.1) is 0 Å². The predicted molar refractivity (Wildman–Crippen MR) is 77.0 cm³/mol. The normalized spacial score (nSPS) is 12.5. The molecule has 16 heavy (non-hydrogen) atoms. The van der Waals surface area contributed by atoms with Crippen molar-refractivity contribution in [2.75, 3.05) is 23.9 Å². The summed E-state index contributed by atoms with van der Waals surface area (Å²) in [6.45, 7) is 3.05. The topological polar surface area (TPSA) is 38.0 Å². The lowest BCUT2D eigenvalue weighted by Crippen LogP contribution is -2.08. The highest BCUT2D eigenvalue weighted by Crippen LogP contribution is 2.32. The quantitative estimate of drug-likeness (QED) is 0.796. The third kappa shape index (κ3) is 3.96. The van der Waals surface area contributed by atoms with E-state index in [1.54, 1.807) is 12.1 Å². The molecule has 1 atom stereocenters. The van der Waals surface area contributed by atoms with E-state index in [4.69, 9.17) is 28.9 Å². The fraction of sp³-hybridized carbons (Fsp3) is 0.455. The minimum atomic E-state index is 0.571. The van der Waals surface area contributed by atoms with Crippen molar-refractivity contribution in [2.24, 2.45) is 0 Å². The van der Waals surface area contributed by atoms with Crippen LogP contribution in [-0.4, -0.2) is 18.1 Å². The molecule has 0 aromatic heterocycles. The van der Waals surface area contributed by atoms with Gasteiger partial charge < -0.3 is 11.1 Å². The molecule has 1 rings (SSSR count). The van der Waals surface area contributed by atoms with Crippen molar-refractivity contribution in [3.63, 3.8) is 0 Å². The van der Waals surface area contributed by atoms with Crippen LogP contribution in [0.5, 0.6) is 0 Å². The lowest BCUT2D eigenvalue weighted by Gasteiger charge is -2.13. The first kappa shape index (κ1) is 13.8. The van der Waals surface area contributed by atoms with E-state index in [1.165, 1.54) is 0 Å². The number of nitrogen functional groups attached to an aromatic ring is 1. The molecule has 0 saturated heterocycles. The van der Waals surface area contributed by atoms with E-state index < -0.39 is 0 Å². The van der Waals surface area contributed by atoms with Crippen molar-refractivity contribution in [1.82, 2.24) is 0 Å². The first-order valence-electron chi connectivity index (χ1n) is 5.05. The average Bonchev–Trinajstić information content (AvgIpc) is 2.21. The Hall–Kier alpha value is -0.250.